The number of hydrogen-bond donors (Lipinski definition) is 0. The van der Waals surface area contributed by atoms with Gasteiger partial charge in [0.2, 0.25) is 0 Å². The zero-order valence-corrected chi connectivity index (χ0v) is 13.9. The molecule has 1 unspecified atom stereocenters. The lowest BCUT2D eigenvalue weighted by Crippen LogP contribution is -2.62. The zero-order valence-electron chi connectivity index (χ0n) is 13.1. The first-order valence-electron chi connectivity index (χ1n) is 7.78. The smallest absolute Gasteiger partial charge is 0.263 e. The summed E-state index contributed by atoms with van der Waals surface area (Å²) in [6.45, 7) is 7.05. The van der Waals surface area contributed by atoms with E-state index in [4.69, 9.17) is 21.1 Å². The van der Waals surface area contributed by atoms with Crippen molar-refractivity contribution in [1.29, 1.82) is 0 Å². The minimum Gasteiger partial charge on any atom is -0.481 e. The molecule has 4 nitrogen and oxygen atoms in total. The van der Waals surface area contributed by atoms with Crippen LogP contribution in [0.2, 0.25) is 5.02 Å². The Hall–Kier alpha value is -1.26. The van der Waals surface area contributed by atoms with Crippen LogP contribution in [0, 0.1) is 12.3 Å². The van der Waals surface area contributed by atoms with Crippen LogP contribution >= 0.6 is 11.6 Å². The monoisotopic (exact) mass is 323 g/mol. The number of likely N-dealkylation sites (tertiary alicyclic amines) is 1. The summed E-state index contributed by atoms with van der Waals surface area (Å²) in [5.41, 5.74) is 1.24. The van der Waals surface area contributed by atoms with Crippen LogP contribution in [-0.4, -0.2) is 43.2 Å². The van der Waals surface area contributed by atoms with Gasteiger partial charge in [0.05, 0.1) is 0 Å². The summed E-state index contributed by atoms with van der Waals surface area (Å²) in [6, 6.07) is 5.44. The number of carbonyl (C=O) groups excluding carboxylic acids is 1. The summed E-state index contributed by atoms with van der Waals surface area (Å²) in [7, 11) is 0. The van der Waals surface area contributed by atoms with Crippen molar-refractivity contribution in [3.63, 3.8) is 0 Å². The molecule has 2 heterocycles. The molecule has 3 rings (SSSR count). The number of halogens is 1. The molecule has 1 amide bonds. The summed E-state index contributed by atoms with van der Waals surface area (Å²) < 4.78 is 11.2. The highest BCUT2D eigenvalue weighted by Crippen LogP contribution is 2.40. The zero-order chi connectivity index (χ0) is 15.7. The molecule has 1 spiro atoms. The minimum absolute atomic E-state index is 0.0615. The third kappa shape index (κ3) is 3.08. The number of ether oxygens (including phenoxy) is 2. The minimum atomic E-state index is -0.475. The van der Waals surface area contributed by atoms with E-state index in [9.17, 15) is 4.79 Å². The summed E-state index contributed by atoms with van der Waals surface area (Å²) in [6.07, 6.45) is 1.64. The van der Waals surface area contributed by atoms with E-state index in [-0.39, 0.29) is 5.91 Å². The lowest BCUT2D eigenvalue weighted by atomic mass is 9.73. The number of rotatable bonds is 3. The SMILES string of the molecule is Cc1cc(Cl)ccc1OC(C)C(=O)N1CC2(CCOCC2)C1. The third-order valence-electron chi connectivity index (χ3n) is 4.71. The van der Waals surface area contributed by atoms with Gasteiger partial charge in [-0.05, 0) is 50.5 Å². The predicted molar refractivity (Wildman–Crippen MR) is 85.3 cm³/mol. The number of hydrogen-bond acceptors (Lipinski definition) is 3. The van der Waals surface area contributed by atoms with Crippen LogP contribution in [0.25, 0.3) is 0 Å². The first-order chi connectivity index (χ1) is 10.5. The first kappa shape index (κ1) is 15.6. The van der Waals surface area contributed by atoms with Gasteiger partial charge in [-0.15, -0.1) is 0 Å². The van der Waals surface area contributed by atoms with Gasteiger partial charge in [0.15, 0.2) is 6.10 Å². The van der Waals surface area contributed by atoms with Gasteiger partial charge in [-0.3, -0.25) is 4.79 Å². The second-order valence-corrected chi connectivity index (χ2v) is 6.91. The Bertz CT molecular complexity index is 561. The fourth-order valence-electron chi connectivity index (χ4n) is 3.28. The molecule has 1 atom stereocenters. The molecule has 0 N–H and O–H groups in total. The maximum Gasteiger partial charge on any atom is 0.263 e. The van der Waals surface area contributed by atoms with E-state index in [0.717, 1.165) is 44.7 Å². The summed E-state index contributed by atoms with van der Waals surface area (Å²) in [5.74, 6) is 0.776. The van der Waals surface area contributed by atoms with Crippen LogP contribution in [0.15, 0.2) is 18.2 Å². The highest BCUT2D eigenvalue weighted by Gasteiger charge is 2.46. The van der Waals surface area contributed by atoms with Gasteiger partial charge < -0.3 is 14.4 Å². The molecular formula is C17H22ClNO3. The van der Waals surface area contributed by atoms with E-state index in [1.165, 1.54) is 0 Å². The maximum absolute atomic E-state index is 12.5. The van der Waals surface area contributed by atoms with Crippen LogP contribution in [-0.2, 0) is 9.53 Å². The van der Waals surface area contributed by atoms with E-state index >= 15 is 0 Å². The molecule has 0 radical (unpaired) electrons. The molecular weight excluding hydrogens is 302 g/mol. The fraction of sp³-hybridized carbons (Fsp3) is 0.588. The third-order valence-corrected chi connectivity index (χ3v) is 4.94. The van der Waals surface area contributed by atoms with Gasteiger partial charge in [0, 0.05) is 36.7 Å². The van der Waals surface area contributed by atoms with Crippen LogP contribution in [0.3, 0.4) is 0 Å². The normalized spacial score (nSPS) is 21.3. The summed E-state index contributed by atoms with van der Waals surface area (Å²) >= 11 is 5.94. The van der Waals surface area contributed by atoms with E-state index in [1.807, 2.05) is 30.9 Å². The molecule has 2 aliphatic heterocycles. The second-order valence-electron chi connectivity index (χ2n) is 6.48. The average molecular weight is 324 g/mol. The molecule has 1 aromatic carbocycles. The van der Waals surface area contributed by atoms with Crippen molar-refractivity contribution in [1.82, 2.24) is 4.90 Å². The standard InChI is InChI=1S/C17H22ClNO3/c1-12-9-14(18)3-4-15(12)22-13(2)16(20)19-10-17(11-19)5-7-21-8-6-17/h3-4,9,13H,5-8,10-11H2,1-2H3. The molecule has 120 valence electrons. The number of amides is 1. The molecule has 0 bridgehead atoms. The Kier molecular flexibility index (Phi) is 4.33. The van der Waals surface area contributed by atoms with Crippen LogP contribution in [0.1, 0.15) is 25.3 Å². The quantitative estimate of drug-likeness (QED) is 0.858. The van der Waals surface area contributed by atoms with E-state index < -0.39 is 6.10 Å². The molecule has 2 saturated heterocycles. The molecule has 0 aromatic heterocycles. The average Bonchev–Trinajstić information content (AvgIpc) is 2.47. The van der Waals surface area contributed by atoms with Crippen LogP contribution in [0.5, 0.6) is 5.75 Å². The Balaban J connectivity index is 1.56. The van der Waals surface area contributed by atoms with Crippen molar-refractivity contribution in [2.24, 2.45) is 5.41 Å². The Labute approximate surface area is 136 Å². The van der Waals surface area contributed by atoms with Gasteiger partial charge in [0.1, 0.15) is 5.75 Å². The highest BCUT2D eigenvalue weighted by atomic mass is 35.5. The number of carbonyl (C=O) groups is 1. The van der Waals surface area contributed by atoms with Crippen molar-refractivity contribution >= 4 is 17.5 Å². The fourth-order valence-corrected chi connectivity index (χ4v) is 3.51. The molecule has 22 heavy (non-hydrogen) atoms. The van der Waals surface area contributed by atoms with Crippen LogP contribution in [0.4, 0.5) is 0 Å². The molecule has 2 fully saturated rings. The van der Waals surface area contributed by atoms with E-state index in [0.29, 0.717) is 16.2 Å². The van der Waals surface area contributed by atoms with Gasteiger partial charge in [-0.25, -0.2) is 0 Å². The maximum atomic E-state index is 12.5. The molecule has 2 aliphatic rings. The predicted octanol–water partition coefficient (Wildman–Crippen LogP) is 3.05. The van der Waals surface area contributed by atoms with Crippen molar-refractivity contribution in [3.05, 3.63) is 28.8 Å². The Morgan fingerprint density at radius 3 is 2.68 bits per heavy atom. The molecule has 0 saturated carbocycles. The van der Waals surface area contributed by atoms with Crippen LogP contribution < -0.4 is 4.74 Å². The van der Waals surface area contributed by atoms with Gasteiger partial charge >= 0.3 is 0 Å². The highest BCUT2D eigenvalue weighted by molar-refractivity contribution is 6.30. The van der Waals surface area contributed by atoms with Gasteiger partial charge in [-0.2, -0.15) is 0 Å². The topological polar surface area (TPSA) is 38.8 Å². The largest absolute Gasteiger partial charge is 0.481 e. The lowest BCUT2D eigenvalue weighted by Gasteiger charge is -2.52. The van der Waals surface area contributed by atoms with Crippen molar-refractivity contribution in [3.8, 4) is 5.75 Å². The number of aryl methyl sites for hydroxylation is 1. The van der Waals surface area contributed by atoms with Crippen molar-refractivity contribution < 1.29 is 14.3 Å². The van der Waals surface area contributed by atoms with Crippen molar-refractivity contribution in [2.45, 2.75) is 32.8 Å². The molecule has 0 aliphatic carbocycles. The van der Waals surface area contributed by atoms with Crippen molar-refractivity contribution in [2.75, 3.05) is 26.3 Å². The van der Waals surface area contributed by atoms with Gasteiger partial charge in [0.25, 0.3) is 5.91 Å². The van der Waals surface area contributed by atoms with E-state index in [2.05, 4.69) is 0 Å². The Morgan fingerprint density at radius 2 is 2.05 bits per heavy atom. The number of benzene rings is 1. The Morgan fingerprint density at radius 1 is 1.36 bits per heavy atom. The molecule has 5 heteroatoms. The molecule has 1 aromatic rings. The number of nitrogens with zero attached hydrogens (tertiary/aromatic N) is 1. The van der Waals surface area contributed by atoms with Gasteiger partial charge in [-0.1, -0.05) is 11.6 Å². The second kappa shape index (κ2) is 6.09. The first-order valence-corrected chi connectivity index (χ1v) is 8.16. The lowest BCUT2D eigenvalue weighted by molar-refractivity contribution is -0.156. The van der Waals surface area contributed by atoms with E-state index in [1.54, 1.807) is 6.07 Å². The summed E-state index contributed by atoms with van der Waals surface area (Å²) in [4.78, 5) is 14.4. The summed E-state index contributed by atoms with van der Waals surface area (Å²) in [5, 5.41) is 0.674.